The van der Waals surface area contributed by atoms with E-state index in [0.29, 0.717) is 10.0 Å². The summed E-state index contributed by atoms with van der Waals surface area (Å²) < 4.78 is 27.7. The zero-order chi connectivity index (χ0) is 15.6. The second kappa shape index (κ2) is 6.30. The van der Waals surface area contributed by atoms with E-state index in [2.05, 4.69) is 20.3 Å². The van der Waals surface area contributed by atoms with Crippen LogP contribution in [0.3, 0.4) is 0 Å². The van der Waals surface area contributed by atoms with Crippen molar-refractivity contribution in [3.8, 4) is 11.1 Å². The molecule has 0 saturated heterocycles. The van der Waals surface area contributed by atoms with Crippen molar-refractivity contribution in [3.63, 3.8) is 0 Å². The molecule has 0 fully saturated rings. The number of nitrogens with zero attached hydrogens (tertiary/aromatic N) is 1. The van der Waals surface area contributed by atoms with Crippen LogP contribution in [-0.4, -0.2) is 14.5 Å². The molecule has 0 spiro atoms. The van der Waals surface area contributed by atoms with Gasteiger partial charge in [-0.2, -0.15) is 8.42 Å². The highest BCUT2D eigenvalue weighted by molar-refractivity contribution is 9.10. The van der Waals surface area contributed by atoms with E-state index in [1.54, 1.807) is 24.3 Å². The zero-order valence-corrected chi connectivity index (χ0v) is 14.1. The van der Waals surface area contributed by atoms with Gasteiger partial charge in [0.1, 0.15) is 4.90 Å². The fraction of sp³-hybridized carbons (Fsp3) is 0. The second-order valence-corrected chi connectivity index (χ2v) is 7.17. The third kappa shape index (κ3) is 3.36. The molecule has 21 heavy (non-hydrogen) atoms. The average molecular weight is 407 g/mol. The molecule has 2 aromatic carbocycles. The molecule has 0 aromatic heterocycles. The third-order valence-corrected chi connectivity index (χ3v) is 5.00. The highest BCUT2D eigenvalue weighted by atomic mass is 79.9. The first-order chi connectivity index (χ1) is 9.86. The first-order valence-electron chi connectivity index (χ1n) is 5.45. The number of isocyanates is 1. The van der Waals surface area contributed by atoms with Gasteiger partial charge in [-0.3, -0.25) is 0 Å². The molecular weight excluding hydrogens is 401 g/mol. The van der Waals surface area contributed by atoms with Gasteiger partial charge in [-0.15, -0.1) is 0 Å². The first kappa shape index (κ1) is 16.2. The SMILES string of the molecule is O=C=NS(=O)(=O)c1cc(Cl)cc(Cl)c1-c1ccccc1Br. The molecule has 0 N–H and O–H groups in total. The van der Waals surface area contributed by atoms with E-state index in [-0.39, 0.29) is 20.5 Å². The summed E-state index contributed by atoms with van der Waals surface area (Å²) in [5.41, 5.74) is 0.756. The molecule has 4 nitrogen and oxygen atoms in total. The minimum Gasteiger partial charge on any atom is -0.210 e. The lowest BCUT2D eigenvalue weighted by Gasteiger charge is -2.12. The van der Waals surface area contributed by atoms with E-state index in [4.69, 9.17) is 23.2 Å². The summed E-state index contributed by atoms with van der Waals surface area (Å²) >= 11 is 15.3. The Kier molecular flexibility index (Phi) is 4.86. The largest absolute Gasteiger partial charge is 0.293 e. The van der Waals surface area contributed by atoms with Crippen LogP contribution in [0.4, 0.5) is 0 Å². The van der Waals surface area contributed by atoms with Gasteiger partial charge in [-0.1, -0.05) is 61.7 Å². The molecule has 2 aromatic rings. The molecule has 0 unspecified atom stereocenters. The lowest BCUT2D eigenvalue weighted by molar-refractivity contribution is 0.563. The van der Waals surface area contributed by atoms with Crippen molar-refractivity contribution in [2.45, 2.75) is 4.90 Å². The van der Waals surface area contributed by atoms with Crippen LogP contribution in [0.1, 0.15) is 0 Å². The Morgan fingerprint density at radius 1 is 1.14 bits per heavy atom. The van der Waals surface area contributed by atoms with Crippen molar-refractivity contribution in [3.05, 3.63) is 50.9 Å². The summed E-state index contributed by atoms with van der Waals surface area (Å²) in [4.78, 5) is 10.1. The maximum atomic E-state index is 12.1. The fourth-order valence-corrected chi connectivity index (χ4v) is 3.93. The average Bonchev–Trinajstić information content (AvgIpc) is 2.39. The summed E-state index contributed by atoms with van der Waals surface area (Å²) in [6.45, 7) is 0. The molecule has 8 heteroatoms. The Balaban J connectivity index is 2.90. The Hall–Kier alpha value is -1.17. The molecule has 108 valence electrons. The van der Waals surface area contributed by atoms with Crippen molar-refractivity contribution >= 4 is 55.2 Å². The second-order valence-electron chi connectivity index (χ2n) is 3.90. The minimum absolute atomic E-state index is 0.121. The van der Waals surface area contributed by atoms with E-state index in [9.17, 15) is 13.2 Å². The Morgan fingerprint density at radius 3 is 2.43 bits per heavy atom. The summed E-state index contributed by atoms with van der Waals surface area (Å²) in [7, 11) is -4.24. The van der Waals surface area contributed by atoms with Gasteiger partial charge in [0.2, 0.25) is 0 Å². The number of halogens is 3. The predicted molar refractivity (Wildman–Crippen MR) is 84.9 cm³/mol. The minimum atomic E-state index is -4.24. The van der Waals surface area contributed by atoms with Crippen molar-refractivity contribution < 1.29 is 13.2 Å². The van der Waals surface area contributed by atoms with E-state index in [1.165, 1.54) is 12.1 Å². The summed E-state index contributed by atoms with van der Waals surface area (Å²) in [6, 6.07) is 9.53. The maximum absolute atomic E-state index is 12.1. The van der Waals surface area contributed by atoms with Crippen LogP contribution in [0.25, 0.3) is 11.1 Å². The van der Waals surface area contributed by atoms with Crippen LogP contribution in [0.5, 0.6) is 0 Å². The highest BCUT2D eigenvalue weighted by Crippen LogP contribution is 2.40. The summed E-state index contributed by atoms with van der Waals surface area (Å²) in [5, 5.41) is 0.254. The van der Waals surface area contributed by atoms with Gasteiger partial charge in [-0.05, 0) is 23.8 Å². The Bertz CT molecular complexity index is 862. The number of carbonyl (C=O) groups excluding carboxylic acids is 1. The van der Waals surface area contributed by atoms with Gasteiger partial charge < -0.3 is 0 Å². The quantitative estimate of drug-likeness (QED) is 0.558. The van der Waals surface area contributed by atoms with Crippen molar-refractivity contribution in [1.29, 1.82) is 0 Å². The number of sulfonamides is 1. The molecule has 0 amide bonds. The third-order valence-electron chi connectivity index (χ3n) is 2.60. The molecule has 2 rings (SSSR count). The van der Waals surface area contributed by atoms with Gasteiger partial charge in [0.15, 0.2) is 0 Å². The van der Waals surface area contributed by atoms with E-state index < -0.39 is 10.0 Å². The number of rotatable bonds is 3. The highest BCUT2D eigenvalue weighted by Gasteiger charge is 2.23. The molecule has 0 aliphatic heterocycles. The Labute approximate surface area is 139 Å². The molecular formula is C13H6BrCl2NO3S. The van der Waals surface area contributed by atoms with Crippen molar-refractivity contribution in [2.75, 3.05) is 0 Å². The number of hydrogen-bond donors (Lipinski definition) is 0. The lowest BCUT2D eigenvalue weighted by Crippen LogP contribution is -2.00. The maximum Gasteiger partial charge on any atom is 0.293 e. The van der Waals surface area contributed by atoms with E-state index in [0.717, 1.165) is 6.08 Å². The molecule has 0 radical (unpaired) electrons. The molecule has 0 aliphatic carbocycles. The standard InChI is InChI=1S/C13H6BrCl2NO3S/c14-10-4-2-1-3-9(10)13-11(16)5-8(15)6-12(13)21(19,20)17-7-18/h1-6H. The molecule has 0 aliphatic rings. The predicted octanol–water partition coefficient (Wildman–Crippen LogP) is 4.45. The van der Waals surface area contributed by atoms with Gasteiger partial charge in [0, 0.05) is 15.1 Å². The van der Waals surface area contributed by atoms with Crippen LogP contribution >= 0.6 is 39.1 Å². The van der Waals surface area contributed by atoms with Crippen LogP contribution in [0.15, 0.2) is 50.2 Å². The molecule has 0 bridgehead atoms. The van der Waals surface area contributed by atoms with Crippen LogP contribution < -0.4 is 0 Å². The Morgan fingerprint density at radius 2 is 1.81 bits per heavy atom. The normalized spacial score (nSPS) is 11.0. The summed E-state index contributed by atoms with van der Waals surface area (Å²) in [6.07, 6.45) is 1.03. The van der Waals surface area contributed by atoms with Crippen molar-refractivity contribution in [1.82, 2.24) is 0 Å². The fourth-order valence-electron chi connectivity index (χ4n) is 1.78. The van der Waals surface area contributed by atoms with Crippen molar-refractivity contribution in [2.24, 2.45) is 4.40 Å². The summed E-state index contributed by atoms with van der Waals surface area (Å²) in [5.74, 6) is 0. The lowest BCUT2D eigenvalue weighted by atomic mass is 10.1. The van der Waals surface area contributed by atoms with Crippen LogP contribution in [0, 0.1) is 0 Å². The topological polar surface area (TPSA) is 63.6 Å². The monoisotopic (exact) mass is 405 g/mol. The molecule has 0 atom stereocenters. The molecule has 0 saturated carbocycles. The zero-order valence-electron chi connectivity index (χ0n) is 10.2. The van der Waals surface area contributed by atoms with E-state index in [1.807, 2.05) is 0 Å². The number of benzene rings is 2. The molecule has 0 heterocycles. The van der Waals surface area contributed by atoms with Gasteiger partial charge >= 0.3 is 0 Å². The number of hydrogen-bond acceptors (Lipinski definition) is 3. The van der Waals surface area contributed by atoms with Gasteiger partial charge in [0.25, 0.3) is 16.1 Å². The first-order valence-corrected chi connectivity index (χ1v) is 8.44. The van der Waals surface area contributed by atoms with Crippen LogP contribution in [0.2, 0.25) is 10.0 Å². The smallest absolute Gasteiger partial charge is 0.210 e. The van der Waals surface area contributed by atoms with Gasteiger partial charge in [0.05, 0.1) is 5.02 Å². The van der Waals surface area contributed by atoms with Gasteiger partial charge in [-0.25, -0.2) is 4.79 Å². The van der Waals surface area contributed by atoms with Crippen LogP contribution in [-0.2, 0) is 14.8 Å². The van der Waals surface area contributed by atoms with E-state index >= 15 is 0 Å².